The summed E-state index contributed by atoms with van der Waals surface area (Å²) in [6.07, 6.45) is 11.4. The summed E-state index contributed by atoms with van der Waals surface area (Å²) >= 11 is 11.6. The molecule has 1 heterocycles. The van der Waals surface area contributed by atoms with Gasteiger partial charge in [-0.1, -0.05) is 41.4 Å². The van der Waals surface area contributed by atoms with E-state index in [1.807, 2.05) is 18.2 Å². The van der Waals surface area contributed by atoms with Gasteiger partial charge in [0.1, 0.15) is 12.0 Å². The molecule has 0 aromatic heterocycles. The lowest BCUT2D eigenvalue weighted by molar-refractivity contribution is 0.330. The molecule has 0 amide bonds. The van der Waals surface area contributed by atoms with Gasteiger partial charge in [0.2, 0.25) is 0 Å². The molecule has 0 fully saturated rings. The Morgan fingerprint density at radius 1 is 1.21 bits per heavy atom. The number of allylic oxidation sites excluding steroid dienone is 4. The van der Waals surface area contributed by atoms with Crippen molar-refractivity contribution in [2.75, 3.05) is 0 Å². The molecule has 1 aliphatic carbocycles. The van der Waals surface area contributed by atoms with Gasteiger partial charge in [-0.2, -0.15) is 0 Å². The zero-order valence-corrected chi connectivity index (χ0v) is 14.6. The minimum atomic E-state index is -3.93. The normalized spacial score (nSPS) is 17.3. The van der Waals surface area contributed by atoms with Gasteiger partial charge in [-0.15, -0.1) is 0 Å². The summed E-state index contributed by atoms with van der Waals surface area (Å²) in [6, 6.07) is 2.30. The molecular weight excluding hydrogens is 373 g/mol. The lowest BCUT2D eigenvalue weighted by atomic mass is 10.0. The molecule has 1 N–H and O–H groups in total. The van der Waals surface area contributed by atoms with E-state index < -0.39 is 10.0 Å². The van der Waals surface area contributed by atoms with Crippen molar-refractivity contribution in [3.63, 3.8) is 0 Å². The zero-order chi connectivity index (χ0) is 17.3. The zero-order valence-electron chi connectivity index (χ0n) is 12.3. The van der Waals surface area contributed by atoms with Crippen LogP contribution in [0.1, 0.15) is 12.8 Å². The van der Waals surface area contributed by atoms with Crippen molar-refractivity contribution < 1.29 is 18.3 Å². The lowest BCUT2D eigenvalue weighted by Crippen LogP contribution is -2.23. The minimum absolute atomic E-state index is 0.130. The highest BCUT2D eigenvalue weighted by atomic mass is 35.5. The van der Waals surface area contributed by atoms with E-state index >= 15 is 0 Å². The topological polar surface area (TPSA) is 66.8 Å². The second-order valence-corrected chi connectivity index (χ2v) is 7.78. The number of nitrogens with zero attached hydrogens (tertiary/aromatic N) is 1. The van der Waals surface area contributed by atoms with Gasteiger partial charge in [-0.25, -0.2) is 12.7 Å². The first-order valence-corrected chi connectivity index (χ1v) is 9.22. The summed E-state index contributed by atoms with van der Waals surface area (Å²) in [5, 5.41) is 9.31. The van der Waals surface area contributed by atoms with Crippen molar-refractivity contribution in [1.82, 2.24) is 4.31 Å². The Kier molecular flexibility index (Phi) is 4.62. The Labute approximate surface area is 149 Å². The summed E-state index contributed by atoms with van der Waals surface area (Å²) in [7, 11) is -3.93. The highest BCUT2D eigenvalue weighted by Gasteiger charge is 2.26. The number of ether oxygens (including phenoxy) is 1. The van der Waals surface area contributed by atoms with Gasteiger partial charge < -0.3 is 9.84 Å². The molecule has 0 radical (unpaired) electrons. The molecule has 24 heavy (non-hydrogen) atoms. The second-order valence-electron chi connectivity index (χ2n) is 5.13. The number of benzene rings is 1. The Morgan fingerprint density at radius 2 is 1.92 bits per heavy atom. The van der Waals surface area contributed by atoms with E-state index in [-0.39, 0.29) is 20.7 Å². The standard InChI is InChI=1S/C16H13Cl2NO4S/c17-13-8-12(9-14(18)16(13)20)24(21,22)19-6-7-23-15(10-19)11-4-2-1-3-5-11/h1-2,4,6-10,20H,3,5H2. The summed E-state index contributed by atoms with van der Waals surface area (Å²) in [5.41, 5.74) is 0.906. The fraction of sp³-hybridized carbons (Fsp3) is 0.125. The number of phenolic OH excluding ortho intramolecular Hbond substituents is 1. The maximum Gasteiger partial charge on any atom is 0.267 e. The summed E-state index contributed by atoms with van der Waals surface area (Å²) in [4.78, 5) is -0.130. The number of rotatable bonds is 3. The highest BCUT2D eigenvalue weighted by molar-refractivity contribution is 7.89. The van der Waals surface area contributed by atoms with Crippen molar-refractivity contribution in [2.45, 2.75) is 17.7 Å². The largest absolute Gasteiger partial charge is 0.505 e. The van der Waals surface area contributed by atoms with Gasteiger partial charge in [-0.05, 0) is 30.5 Å². The molecule has 0 spiro atoms. The Bertz CT molecular complexity index is 878. The quantitative estimate of drug-likeness (QED) is 0.841. The lowest BCUT2D eigenvalue weighted by Gasteiger charge is -2.23. The molecule has 0 saturated carbocycles. The molecule has 8 heteroatoms. The number of sulfonamides is 1. The molecule has 1 aromatic rings. The van der Waals surface area contributed by atoms with Crippen LogP contribution in [0.4, 0.5) is 0 Å². The first-order valence-electron chi connectivity index (χ1n) is 7.02. The fourth-order valence-electron chi connectivity index (χ4n) is 2.28. The third kappa shape index (κ3) is 3.17. The van der Waals surface area contributed by atoms with Gasteiger partial charge in [0.25, 0.3) is 10.0 Å². The van der Waals surface area contributed by atoms with Gasteiger partial charge in [0.15, 0.2) is 5.75 Å². The van der Waals surface area contributed by atoms with E-state index in [0.717, 1.165) is 34.9 Å². The molecule has 1 aromatic carbocycles. The number of phenols is 1. The third-order valence-electron chi connectivity index (χ3n) is 3.54. The number of hydrogen-bond acceptors (Lipinski definition) is 4. The Hall–Kier alpha value is -1.89. The summed E-state index contributed by atoms with van der Waals surface area (Å²) < 4.78 is 32.0. The Morgan fingerprint density at radius 3 is 2.54 bits per heavy atom. The SMILES string of the molecule is O=S(=O)(c1cc(Cl)c(O)c(Cl)c1)N1C=COC(C2=CC=CCC2)=C1. The maximum absolute atomic E-state index is 12.8. The molecule has 0 atom stereocenters. The molecule has 3 rings (SSSR count). The van der Waals surface area contributed by atoms with Crippen LogP contribution in [0, 0.1) is 0 Å². The highest BCUT2D eigenvalue weighted by Crippen LogP contribution is 2.36. The van der Waals surface area contributed by atoms with Crippen LogP contribution in [0.2, 0.25) is 10.0 Å². The molecular formula is C16H13Cl2NO4S. The molecule has 126 valence electrons. The molecule has 0 bridgehead atoms. The van der Waals surface area contributed by atoms with E-state index in [9.17, 15) is 13.5 Å². The Balaban J connectivity index is 1.99. The van der Waals surface area contributed by atoms with Crippen molar-refractivity contribution in [1.29, 1.82) is 0 Å². The predicted molar refractivity (Wildman–Crippen MR) is 91.9 cm³/mol. The molecule has 0 unspecified atom stereocenters. The molecule has 0 saturated heterocycles. The average Bonchev–Trinajstić information content (AvgIpc) is 2.60. The maximum atomic E-state index is 12.8. The van der Waals surface area contributed by atoms with Crippen LogP contribution in [0.15, 0.2) is 65.3 Å². The molecule has 5 nitrogen and oxygen atoms in total. The van der Waals surface area contributed by atoms with E-state index in [0.29, 0.717) is 5.76 Å². The van der Waals surface area contributed by atoms with Gasteiger partial charge in [0, 0.05) is 0 Å². The van der Waals surface area contributed by atoms with Crippen molar-refractivity contribution >= 4 is 33.2 Å². The first-order chi connectivity index (χ1) is 11.4. The van der Waals surface area contributed by atoms with Gasteiger partial charge in [0.05, 0.1) is 27.3 Å². The summed E-state index contributed by atoms with van der Waals surface area (Å²) in [6.45, 7) is 0. The minimum Gasteiger partial charge on any atom is -0.505 e. The second kappa shape index (κ2) is 6.55. The van der Waals surface area contributed by atoms with Crippen LogP contribution in [0.5, 0.6) is 5.75 Å². The van der Waals surface area contributed by atoms with E-state index in [1.165, 1.54) is 18.7 Å². The average molecular weight is 386 g/mol. The monoisotopic (exact) mass is 385 g/mol. The van der Waals surface area contributed by atoms with Crippen LogP contribution in [0.25, 0.3) is 0 Å². The predicted octanol–water partition coefficient (Wildman–Crippen LogP) is 4.31. The smallest absolute Gasteiger partial charge is 0.267 e. The third-order valence-corrected chi connectivity index (χ3v) is 5.73. The van der Waals surface area contributed by atoms with Crippen molar-refractivity contribution in [3.8, 4) is 5.75 Å². The number of hydrogen-bond donors (Lipinski definition) is 1. The van der Waals surface area contributed by atoms with Crippen molar-refractivity contribution in [3.05, 3.63) is 70.4 Å². The molecule has 1 aliphatic heterocycles. The van der Waals surface area contributed by atoms with Crippen LogP contribution >= 0.6 is 23.2 Å². The van der Waals surface area contributed by atoms with Gasteiger partial charge >= 0.3 is 0 Å². The number of halogens is 2. The first kappa shape index (κ1) is 17.0. The van der Waals surface area contributed by atoms with Crippen LogP contribution in [0.3, 0.4) is 0 Å². The summed E-state index contributed by atoms with van der Waals surface area (Å²) in [5.74, 6) is 0.103. The van der Waals surface area contributed by atoms with Crippen molar-refractivity contribution in [2.24, 2.45) is 0 Å². The van der Waals surface area contributed by atoms with Crippen LogP contribution in [-0.4, -0.2) is 17.8 Å². The van der Waals surface area contributed by atoms with Crippen LogP contribution < -0.4 is 0 Å². The van der Waals surface area contributed by atoms with Gasteiger partial charge in [-0.3, -0.25) is 0 Å². The fourth-order valence-corrected chi connectivity index (χ4v) is 4.12. The van der Waals surface area contributed by atoms with E-state index in [2.05, 4.69) is 0 Å². The number of aromatic hydroxyl groups is 1. The van der Waals surface area contributed by atoms with Crippen LogP contribution in [-0.2, 0) is 14.8 Å². The van der Waals surface area contributed by atoms with E-state index in [4.69, 9.17) is 27.9 Å². The van der Waals surface area contributed by atoms with E-state index in [1.54, 1.807) is 0 Å². The molecule has 2 aliphatic rings.